The first-order chi connectivity index (χ1) is 67.9. The molecular formula is C126H165N11O4. The van der Waals surface area contributed by atoms with E-state index in [1.807, 2.05) is 4.90 Å². The first-order valence-electron chi connectivity index (χ1n) is 55.6. The maximum Gasteiger partial charge on any atom is 0.317 e. The molecule has 18 atom stereocenters. The lowest BCUT2D eigenvalue weighted by molar-refractivity contribution is -0.145. The van der Waals surface area contributed by atoms with Gasteiger partial charge < -0.3 is 49.4 Å². The van der Waals surface area contributed by atoms with E-state index in [2.05, 4.69) is 305 Å². The van der Waals surface area contributed by atoms with Gasteiger partial charge in [0.2, 0.25) is 11.8 Å². The number of amides is 4. The number of aryl methyl sites for hydroxylation is 8. The molecule has 15 nitrogen and oxygen atoms in total. The maximum absolute atomic E-state index is 13.3. The number of carbonyl (C=O) groups is 4. The van der Waals surface area contributed by atoms with Crippen LogP contribution >= 0.6 is 0 Å². The standard InChI is InChI=1S/C25H30N2O.C25H32N2.C21H28N2O.C19H27N3O.C18H23NO.C18H25N/c1-17-4-7-19(8-5-17)15-27-16-22-23-13-20-9-6-18(2)12-21(20)25(22,14-24(27)28)10-11-26(23)3;1-18-4-7-20(8-5-18)16-27-13-11-25-10-12-26(3)24(23(25)17-27)15-21-9-6-19(2)14-22(21)25;1-14-3-6-16-10-19-18-13-23(12-15-4-5-15)20(24)11-21(18,17(16)9-14)7-8-22(19)2;1-13-4-5-14-11-17-16-12-22(18(23)20-2)9-7-19(16,15(14)10-13)6-8-21(17)3;1-12-3-4-13-10-17-15-6-5-14(20)11-18(15,16(13)9-12)7-8-19(17)2;1-13-6-7-14-12-17-15-5-3-4-8-18(15,16(14)11-13)9-10-19(17)2/h4-9,12,22-23H,10-11,13-16H2,1-3H3;4-9,14,23-24H,10-13,15-17H2,1-3H3;3,6,9,15,18-19H,4-5,7-8,10-13H2,1-2H3;4-5,10,16-17H,6-9,11-12H2,1-3H3,(H,20,23);3-4,9,15,17H,5-8,10-11H2,1-2H3;6-7,11,15,17H,3-5,8-10,12H2,1-2H3/t22-,23+,25+;23-,24+,25+;18-,19+,21+;16-,17+,19+;15-,17+,18-;15-,17+,18+/m000000/s1. The lowest BCUT2D eigenvalue weighted by Crippen LogP contribution is -2.66. The van der Waals surface area contributed by atoms with Crippen LogP contribution < -0.4 is 5.32 Å². The number of ketones is 1. The summed E-state index contributed by atoms with van der Waals surface area (Å²) < 4.78 is 0. The molecule has 12 bridgehead atoms. The van der Waals surface area contributed by atoms with E-state index in [9.17, 15) is 19.2 Å². The van der Waals surface area contributed by atoms with Crippen LogP contribution in [0.15, 0.2) is 158 Å². The number of nitrogens with zero attached hydrogens (tertiary/aromatic N) is 10. The fourth-order valence-electron chi connectivity index (χ4n) is 33.6. The van der Waals surface area contributed by atoms with Crippen molar-refractivity contribution in [2.75, 3.05) is 134 Å². The highest BCUT2D eigenvalue weighted by Gasteiger charge is 2.63. The molecule has 9 aliphatic carbocycles. The second kappa shape index (κ2) is 38.3. The highest BCUT2D eigenvalue weighted by molar-refractivity contribution is 5.83. The number of hydrogen-bond donors (Lipinski definition) is 1. The summed E-state index contributed by atoms with van der Waals surface area (Å²) in [6.45, 7) is 33.6. The molecule has 10 saturated heterocycles. The Balaban J connectivity index is 0.0000000976. The third-order valence-electron chi connectivity index (χ3n) is 41.7. The third kappa shape index (κ3) is 17.5. The predicted octanol–water partition coefficient (Wildman–Crippen LogP) is 19.6. The molecule has 0 aromatic heterocycles. The Labute approximate surface area is 845 Å². The van der Waals surface area contributed by atoms with Crippen LogP contribution in [-0.2, 0) is 98.5 Å². The molecule has 15 heteroatoms. The van der Waals surface area contributed by atoms with Gasteiger partial charge in [0.05, 0.1) is 0 Å². The number of benzene rings is 8. The molecule has 4 amide bonds. The number of fused-ring (bicyclic) bond motifs is 6. The number of rotatable bonds is 6. The van der Waals surface area contributed by atoms with Crippen molar-refractivity contribution in [3.05, 3.63) is 280 Å². The first-order valence-corrected chi connectivity index (χ1v) is 55.6. The minimum absolute atomic E-state index is 0.0393. The van der Waals surface area contributed by atoms with Gasteiger partial charge in [-0.25, -0.2) is 4.79 Å². The van der Waals surface area contributed by atoms with Gasteiger partial charge in [0.1, 0.15) is 5.78 Å². The molecule has 0 radical (unpaired) electrons. The van der Waals surface area contributed by atoms with Crippen molar-refractivity contribution in [3.63, 3.8) is 0 Å². The lowest BCUT2D eigenvalue weighted by Gasteiger charge is -2.60. The zero-order valence-corrected chi connectivity index (χ0v) is 88.4. The highest BCUT2D eigenvalue weighted by atomic mass is 16.2. The van der Waals surface area contributed by atoms with E-state index < -0.39 is 0 Å². The lowest BCUT2D eigenvalue weighted by atomic mass is 9.52. The Hall–Kier alpha value is -8.64. The van der Waals surface area contributed by atoms with Crippen molar-refractivity contribution in [1.29, 1.82) is 0 Å². The van der Waals surface area contributed by atoms with Crippen LogP contribution in [0.2, 0.25) is 0 Å². The van der Waals surface area contributed by atoms with Crippen LogP contribution in [0.1, 0.15) is 244 Å². The fourth-order valence-corrected chi connectivity index (χ4v) is 33.6. The van der Waals surface area contributed by atoms with Crippen LogP contribution in [-0.4, -0.2) is 243 Å². The van der Waals surface area contributed by atoms with E-state index in [-0.39, 0.29) is 27.7 Å². The van der Waals surface area contributed by atoms with E-state index in [1.165, 1.54) is 211 Å². The van der Waals surface area contributed by atoms with Crippen molar-refractivity contribution in [2.24, 2.45) is 41.4 Å². The number of hydrogen-bond acceptors (Lipinski definition) is 11. The SMILES string of the molecule is CNC(=O)N1CC[C@]23CCN(C)[C@H](Cc4ccc(C)cc42)[C@@H]3C1.Cc1ccc(CN2CC[C@]34CCN(C)[C@H](Cc5ccc(C)cc53)[C@@H]4C2)cc1.Cc1ccc(CN2C[C@H]3[C@H]4Cc5ccc(C)cc5[C@@]3(CCN4C)CC2=O)cc1.Cc1ccc2c(c1)[C@@]13CCCC[C@H]1[C@@H](C2)N(C)CC3.Cc1ccc2c(c1)[C@]13CCN(C)[C@H](C2)[C@@H]1CCC(=O)C3.Cc1ccc2c(c1)[C@]13CCN(C)[C@H](C2)[C@@H]1CN(CC1CC1)C(=O)C3. The summed E-state index contributed by atoms with van der Waals surface area (Å²) in [6, 6.07) is 64.1. The Kier molecular flexibility index (Phi) is 26.4. The van der Waals surface area contributed by atoms with Gasteiger partial charge in [0, 0.05) is 172 Å². The Morgan fingerprint density at radius 2 is 0.624 bits per heavy atom. The average molecular weight is 1900 g/mol. The summed E-state index contributed by atoms with van der Waals surface area (Å²) in [5.74, 6) is 6.10. The Morgan fingerprint density at radius 1 is 0.312 bits per heavy atom. The van der Waals surface area contributed by atoms with Crippen molar-refractivity contribution >= 4 is 23.6 Å². The molecule has 8 aromatic carbocycles. The van der Waals surface area contributed by atoms with Crippen molar-refractivity contribution in [1.82, 2.24) is 54.3 Å². The van der Waals surface area contributed by atoms with Crippen molar-refractivity contribution < 1.29 is 19.2 Å². The number of carbonyl (C=O) groups excluding carboxylic acids is 4. The average Bonchev–Trinajstić information content (AvgIpc) is 1.11. The monoisotopic (exact) mass is 1900 g/mol. The topological polar surface area (TPSA) is 113 Å². The molecule has 141 heavy (non-hydrogen) atoms. The van der Waals surface area contributed by atoms with Crippen LogP contribution in [0, 0.1) is 96.8 Å². The Morgan fingerprint density at radius 3 is 1.02 bits per heavy atom. The fraction of sp³-hybridized carbons (Fsp3) is 0.587. The number of Topliss-reactive ketones (excluding diaryl/α,β-unsaturated/α-hetero) is 1. The van der Waals surface area contributed by atoms with E-state index in [0.717, 1.165) is 160 Å². The molecule has 0 spiro atoms. The summed E-state index contributed by atoms with van der Waals surface area (Å²) in [4.78, 5) is 75.2. The van der Waals surface area contributed by atoms with E-state index in [0.29, 0.717) is 88.7 Å². The predicted molar refractivity (Wildman–Crippen MR) is 571 cm³/mol. The second-order valence-electron chi connectivity index (χ2n) is 49.6. The van der Waals surface area contributed by atoms with Crippen LogP contribution in [0.5, 0.6) is 0 Å². The molecular weight excluding hydrogens is 1730 g/mol. The number of urea groups is 1. The quantitative estimate of drug-likeness (QED) is 0.172. The molecule has 27 rings (SSSR count). The van der Waals surface area contributed by atoms with Crippen molar-refractivity contribution in [2.45, 2.75) is 298 Å². The molecule has 1 N–H and O–H groups in total. The molecule has 0 unspecified atom stereocenters. The van der Waals surface area contributed by atoms with Gasteiger partial charge in [-0.05, 0) is 367 Å². The number of likely N-dealkylation sites (N-methyl/N-ethyl adjacent to an activating group) is 6. The van der Waals surface area contributed by atoms with E-state index >= 15 is 0 Å². The van der Waals surface area contributed by atoms with Gasteiger partial charge in [-0.2, -0.15) is 0 Å². The zero-order valence-electron chi connectivity index (χ0n) is 88.4. The van der Waals surface area contributed by atoms with Gasteiger partial charge in [-0.3, -0.25) is 19.3 Å². The van der Waals surface area contributed by atoms with Crippen LogP contribution in [0.4, 0.5) is 4.79 Å². The summed E-state index contributed by atoms with van der Waals surface area (Å²) in [5.41, 5.74) is 33.9. The maximum atomic E-state index is 13.3. The van der Waals surface area contributed by atoms with Gasteiger partial charge in [0.15, 0.2) is 0 Å². The molecule has 10 aliphatic heterocycles. The smallest absolute Gasteiger partial charge is 0.317 e. The summed E-state index contributed by atoms with van der Waals surface area (Å²) in [6.07, 6.45) is 29.4. The van der Waals surface area contributed by atoms with Gasteiger partial charge in [-0.15, -0.1) is 0 Å². The molecule has 19 aliphatic rings. The summed E-state index contributed by atoms with van der Waals surface area (Å²) in [5, 5.41) is 2.81. The summed E-state index contributed by atoms with van der Waals surface area (Å²) >= 11 is 0. The minimum atomic E-state index is 0.0393. The van der Waals surface area contributed by atoms with Crippen molar-refractivity contribution in [3.8, 4) is 0 Å². The van der Waals surface area contributed by atoms with Gasteiger partial charge in [-0.1, -0.05) is 215 Å². The van der Waals surface area contributed by atoms with Crippen LogP contribution in [0.3, 0.4) is 0 Å². The van der Waals surface area contributed by atoms with Gasteiger partial charge >= 0.3 is 6.03 Å². The second-order valence-corrected chi connectivity index (χ2v) is 49.6. The number of piperidine rings is 10. The molecule has 8 aromatic rings. The summed E-state index contributed by atoms with van der Waals surface area (Å²) in [7, 11) is 15.5. The third-order valence-corrected chi connectivity index (χ3v) is 41.7. The molecule has 13 fully saturated rings. The molecule has 748 valence electrons. The first kappa shape index (κ1) is 97.1. The van der Waals surface area contributed by atoms with Crippen LogP contribution in [0.25, 0.3) is 0 Å². The number of likely N-dealkylation sites (tertiary alicyclic amines) is 10. The Bertz CT molecular complexity index is 6040. The minimum Gasteiger partial charge on any atom is -0.342 e. The van der Waals surface area contributed by atoms with Gasteiger partial charge in [0.25, 0.3) is 0 Å². The van der Waals surface area contributed by atoms with E-state index in [4.69, 9.17) is 0 Å². The normalized spacial score (nSPS) is 33.4. The number of nitrogens with one attached hydrogen (secondary N) is 1. The molecule has 3 saturated carbocycles. The highest BCUT2D eigenvalue weighted by Crippen LogP contribution is 2.62. The zero-order chi connectivity index (χ0) is 97.7. The van der Waals surface area contributed by atoms with E-state index in [1.54, 1.807) is 34.9 Å². The molecule has 10 heterocycles. The largest absolute Gasteiger partial charge is 0.342 e.